The van der Waals surface area contributed by atoms with Gasteiger partial charge in [-0.15, -0.1) is 0 Å². The molecule has 1 aromatic carbocycles. The maximum Gasteiger partial charge on any atom is 0.179 e. The maximum absolute atomic E-state index is 12.5. The summed E-state index contributed by atoms with van der Waals surface area (Å²) in [6.45, 7) is 5.27. The Hall–Kier alpha value is -1.39. The number of carbonyl (C=O) groups excluding carboxylic acids is 1. The largest absolute Gasteiger partial charge is 0.497 e. The summed E-state index contributed by atoms with van der Waals surface area (Å²) >= 11 is 0. The number of likely N-dealkylation sites (tertiary alicyclic amines) is 1. The van der Waals surface area contributed by atoms with Crippen molar-refractivity contribution in [2.45, 2.75) is 19.4 Å². The first-order valence-corrected chi connectivity index (χ1v) is 7.58. The normalized spacial score (nSPS) is 20.7. The molecule has 0 N–H and O–H groups in total. The predicted molar refractivity (Wildman–Crippen MR) is 85.0 cm³/mol. The quantitative estimate of drug-likeness (QED) is 0.752. The molecule has 116 valence electrons. The minimum absolute atomic E-state index is 0.0932. The lowest BCUT2D eigenvalue weighted by Crippen LogP contribution is -2.39. The van der Waals surface area contributed by atoms with Crippen LogP contribution in [0.5, 0.6) is 5.75 Å². The number of methoxy groups -OCH3 is 1. The molecule has 0 saturated carbocycles. The first kappa shape index (κ1) is 16.0. The molecule has 2 atom stereocenters. The van der Waals surface area contributed by atoms with Crippen LogP contribution in [-0.4, -0.2) is 62.5 Å². The van der Waals surface area contributed by atoms with Crippen LogP contribution in [0.1, 0.15) is 23.7 Å². The van der Waals surface area contributed by atoms with E-state index in [9.17, 15) is 4.79 Å². The zero-order chi connectivity index (χ0) is 15.4. The van der Waals surface area contributed by atoms with Crippen LogP contribution >= 0.6 is 0 Å². The van der Waals surface area contributed by atoms with Gasteiger partial charge in [0, 0.05) is 18.7 Å². The lowest BCUT2D eigenvalue weighted by atomic mass is 10.0. The minimum atomic E-state index is -0.0932. The summed E-state index contributed by atoms with van der Waals surface area (Å²) in [5.74, 6) is 1.62. The number of hydrogen-bond acceptors (Lipinski definition) is 4. The Kier molecular flexibility index (Phi) is 5.37. The molecule has 1 heterocycles. The number of nitrogens with zero attached hydrogens (tertiary/aromatic N) is 2. The molecule has 0 aromatic heterocycles. The fourth-order valence-corrected chi connectivity index (χ4v) is 2.94. The highest BCUT2D eigenvalue weighted by Gasteiger charge is 2.25. The minimum Gasteiger partial charge on any atom is -0.497 e. The monoisotopic (exact) mass is 290 g/mol. The third kappa shape index (κ3) is 4.05. The molecule has 1 aliphatic rings. The number of benzene rings is 1. The molecule has 0 amide bonds. The van der Waals surface area contributed by atoms with Crippen molar-refractivity contribution in [3.63, 3.8) is 0 Å². The lowest BCUT2D eigenvalue weighted by Gasteiger charge is -2.26. The number of hydrogen-bond donors (Lipinski definition) is 0. The highest BCUT2D eigenvalue weighted by atomic mass is 16.5. The van der Waals surface area contributed by atoms with E-state index in [1.54, 1.807) is 7.11 Å². The Morgan fingerprint density at radius 2 is 2.10 bits per heavy atom. The van der Waals surface area contributed by atoms with Gasteiger partial charge < -0.3 is 9.64 Å². The van der Waals surface area contributed by atoms with Crippen LogP contribution in [0, 0.1) is 5.92 Å². The molecule has 0 radical (unpaired) electrons. The van der Waals surface area contributed by atoms with Crippen molar-refractivity contribution in [1.29, 1.82) is 0 Å². The van der Waals surface area contributed by atoms with E-state index in [2.05, 4.69) is 16.8 Å². The zero-order valence-electron chi connectivity index (χ0n) is 13.5. The van der Waals surface area contributed by atoms with Gasteiger partial charge in [-0.3, -0.25) is 9.69 Å². The van der Waals surface area contributed by atoms with Gasteiger partial charge in [0.1, 0.15) is 5.75 Å². The third-order valence-corrected chi connectivity index (χ3v) is 4.45. The van der Waals surface area contributed by atoms with E-state index >= 15 is 0 Å². The summed E-state index contributed by atoms with van der Waals surface area (Å²) in [7, 11) is 5.84. The summed E-state index contributed by atoms with van der Waals surface area (Å²) in [4.78, 5) is 17.1. The number of ketones is 1. The molecule has 1 aliphatic heterocycles. The standard InChI is InChI=1S/C17H26N2O2/c1-13(19(3)12-14-9-10-18(2)11-14)17(20)15-5-7-16(21-4)8-6-15/h5-8,13-14H,9-12H2,1-4H3. The van der Waals surface area contributed by atoms with Crippen molar-refractivity contribution in [3.05, 3.63) is 29.8 Å². The SMILES string of the molecule is COc1ccc(C(=O)C(C)N(C)CC2CCN(C)C2)cc1. The molecule has 0 aliphatic carbocycles. The van der Waals surface area contributed by atoms with Gasteiger partial charge in [-0.25, -0.2) is 0 Å². The number of Topliss-reactive ketones (excluding diaryl/α,β-unsaturated/α-hetero) is 1. The molecule has 0 spiro atoms. The van der Waals surface area contributed by atoms with Gasteiger partial charge in [-0.1, -0.05) is 0 Å². The second-order valence-corrected chi connectivity index (χ2v) is 6.13. The van der Waals surface area contributed by atoms with Crippen LogP contribution in [0.25, 0.3) is 0 Å². The summed E-state index contributed by atoms with van der Waals surface area (Å²) in [6.07, 6.45) is 1.23. The fourth-order valence-electron chi connectivity index (χ4n) is 2.94. The number of rotatable bonds is 6. The Labute approximate surface area is 127 Å². The van der Waals surface area contributed by atoms with Crippen molar-refractivity contribution in [1.82, 2.24) is 9.80 Å². The van der Waals surface area contributed by atoms with Crippen LogP contribution in [0.2, 0.25) is 0 Å². The van der Waals surface area contributed by atoms with Crippen LogP contribution < -0.4 is 4.74 Å². The van der Waals surface area contributed by atoms with Gasteiger partial charge in [-0.2, -0.15) is 0 Å². The van der Waals surface area contributed by atoms with Crippen molar-refractivity contribution >= 4 is 5.78 Å². The van der Waals surface area contributed by atoms with Crippen LogP contribution in [0.4, 0.5) is 0 Å². The van der Waals surface area contributed by atoms with E-state index in [1.807, 2.05) is 38.2 Å². The number of likely N-dealkylation sites (N-methyl/N-ethyl adjacent to an activating group) is 1. The molecule has 21 heavy (non-hydrogen) atoms. The van der Waals surface area contributed by atoms with Crippen LogP contribution in [-0.2, 0) is 0 Å². The van der Waals surface area contributed by atoms with E-state index in [1.165, 1.54) is 13.0 Å². The second kappa shape index (κ2) is 7.05. The van der Waals surface area contributed by atoms with Crippen LogP contribution in [0.15, 0.2) is 24.3 Å². The van der Waals surface area contributed by atoms with Crippen molar-refractivity contribution in [2.24, 2.45) is 5.92 Å². The Balaban J connectivity index is 1.94. The first-order valence-electron chi connectivity index (χ1n) is 7.58. The lowest BCUT2D eigenvalue weighted by molar-refractivity contribution is 0.0853. The van der Waals surface area contributed by atoms with Gasteiger partial charge in [0.15, 0.2) is 5.78 Å². The van der Waals surface area contributed by atoms with Crippen molar-refractivity contribution < 1.29 is 9.53 Å². The molecular formula is C17H26N2O2. The van der Waals surface area contributed by atoms with Gasteiger partial charge in [0.05, 0.1) is 13.2 Å². The molecule has 2 rings (SSSR count). The molecule has 1 aromatic rings. The Morgan fingerprint density at radius 1 is 1.43 bits per heavy atom. The van der Waals surface area contributed by atoms with Gasteiger partial charge in [-0.05, 0) is 64.2 Å². The van der Waals surface area contributed by atoms with Crippen LogP contribution in [0.3, 0.4) is 0 Å². The molecular weight excluding hydrogens is 264 g/mol. The summed E-state index contributed by atoms with van der Waals surface area (Å²) in [5, 5.41) is 0. The molecule has 2 unspecified atom stereocenters. The summed E-state index contributed by atoms with van der Waals surface area (Å²) in [6, 6.07) is 7.27. The van der Waals surface area contributed by atoms with E-state index in [0.29, 0.717) is 5.92 Å². The number of carbonyl (C=O) groups is 1. The summed E-state index contributed by atoms with van der Waals surface area (Å²) < 4.78 is 5.13. The van der Waals surface area contributed by atoms with E-state index in [4.69, 9.17) is 4.74 Å². The average molecular weight is 290 g/mol. The Morgan fingerprint density at radius 3 is 2.62 bits per heavy atom. The van der Waals surface area contributed by atoms with Gasteiger partial charge >= 0.3 is 0 Å². The highest BCUT2D eigenvalue weighted by molar-refractivity contribution is 5.99. The van der Waals surface area contributed by atoms with Crippen molar-refractivity contribution in [3.8, 4) is 5.75 Å². The smallest absolute Gasteiger partial charge is 0.179 e. The zero-order valence-corrected chi connectivity index (χ0v) is 13.5. The second-order valence-electron chi connectivity index (χ2n) is 6.13. The Bertz CT molecular complexity index is 472. The molecule has 0 bridgehead atoms. The number of ether oxygens (including phenoxy) is 1. The predicted octanol–water partition coefficient (Wildman–Crippen LogP) is 2.15. The van der Waals surface area contributed by atoms with E-state index < -0.39 is 0 Å². The average Bonchev–Trinajstić information content (AvgIpc) is 2.90. The van der Waals surface area contributed by atoms with Gasteiger partial charge in [0.2, 0.25) is 0 Å². The van der Waals surface area contributed by atoms with Crippen molar-refractivity contribution in [2.75, 3.05) is 40.8 Å². The molecule has 4 nitrogen and oxygen atoms in total. The summed E-state index contributed by atoms with van der Waals surface area (Å²) in [5.41, 5.74) is 0.749. The van der Waals surface area contributed by atoms with Gasteiger partial charge in [0.25, 0.3) is 0 Å². The third-order valence-electron chi connectivity index (χ3n) is 4.45. The topological polar surface area (TPSA) is 32.8 Å². The molecule has 4 heteroatoms. The highest BCUT2D eigenvalue weighted by Crippen LogP contribution is 2.18. The molecule has 1 saturated heterocycles. The molecule has 1 fully saturated rings. The maximum atomic E-state index is 12.5. The van der Waals surface area contributed by atoms with E-state index in [-0.39, 0.29) is 11.8 Å². The fraction of sp³-hybridized carbons (Fsp3) is 0.588. The van der Waals surface area contributed by atoms with E-state index in [0.717, 1.165) is 24.4 Å². The first-order chi connectivity index (χ1) is 10.0.